The number of nitrogens with one attached hydrogen (secondary N) is 6. The van der Waals surface area contributed by atoms with E-state index in [2.05, 4.69) is 41.8 Å². The van der Waals surface area contributed by atoms with Crippen LogP contribution in [0.1, 0.15) is 88.2 Å². The third-order valence-electron chi connectivity index (χ3n) is 10.3. The zero-order valence-corrected chi connectivity index (χ0v) is 31.2. The lowest BCUT2D eigenvalue weighted by molar-refractivity contribution is -0.137. The van der Waals surface area contributed by atoms with Gasteiger partial charge in [-0.1, -0.05) is 76.0 Å². The number of nitrogens with zero attached hydrogens (tertiary/aromatic N) is 2. The maximum Gasteiger partial charge on any atom is 0.418 e. The maximum atomic E-state index is 14.8. The monoisotopic (exact) mass is 770 g/mol. The summed E-state index contributed by atoms with van der Waals surface area (Å²) in [7, 11) is 0. The number of anilines is 1. The first-order valence-corrected chi connectivity index (χ1v) is 18.3. The van der Waals surface area contributed by atoms with Gasteiger partial charge in [0.2, 0.25) is 23.6 Å². The second-order valence-electron chi connectivity index (χ2n) is 14.0. The number of rotatable bonds is 14. The number of urea groups is 1. The fraction of sp³-hybridized carbons (Fsp3) is 0.474. The molecule has 2 heterocycles. The molecule has 296 valence electrons. The summed E-state index contributed by atoms with van der Waals surface area (Å²) in [6, 6.07) is 6.73. The summed E-state index contributed by atoms with van der Waals surface area (Å²) >= 11 is 0. The number of carbonyl (C=O) groups excluding carboxylic acids is 4. The molecule has 2 aromatic carbocycles. The van der Waals surface area contributed by atoms with E-state index in [0.29, 0.717) is 30.6 Å². The van der Waals surface area contributed by atoms with Gasteiger partial charge in [0.1, 0.15) is 23.4 Å². The quantitative estimate of drug-likeness (QED) is 0.0867. The van der Waals surface area contributed by atoms with E-state index in [1.54, 1.807) is 19.9 Å². The van der Waals surface area contributed by atoms with Gasteiger partial charge in [-0.2, -0.15) is 13.2 Å². The largest absolute Gasteiger partial charge is 0.418 e. The molecular formula is C38H46F4N8O5. The number of H-pyrrole nitrogens is 1. The Hall–Kier alpha value is -5.48. The lowest BCUT2D eigenvalue weighted by Crippen LogP contribution is -2.65. The van der Waals surface area contributed by atoms with E-state index in [1.165, 1.54) is 30.3 Å². The van der Waals surface area contributed by atoms with Gasteiger partial charge >= 0.3 is 18.2 Å². The number of fused-ring (bicyclic) bond motifs is 3. The van der Waals surface area contributed by atoms with Crippen molar-refractivity contribution in [1.29, 1.82) is 0 Å². The van der Waals surface area contributed by atoms with Gasteiger partial charge in [0, 0.05) is 24.0 Å². The van der Waals surface area contributed by atoms with Gasteiger partial charge in [0.05, 0.1) is 17.5 Å². The van der Waals surface area contributed by atoms with Crippen molar-refractivity contribution < 1.29 is 41.2 Å². The van der Waals surface area contributed by atoms with Crippen LogP contribution in [-0.2, 0) is 39.8 Å². The fourth-order valence-corrected chi connectivity index (χ4v) is 6.79. The molecule has 2 unspecified atom stereocenters. The van der Waals surface area contributed by atoms with Crippen LogP contribution in [0.25, 0.3) is 10.9 Å². The predicted octanol–water partition coefficient (Wildman–Crippen LogP) is 5.87. The summed E-state index contributed by atoms with van der Waals surface area (Å²) in [5, 5.41) is 21.8. The Morgan fingerprint density at radius 3 is 2.36 bits per heavy atom. The van der Waals surface area contributed by atoms with Crippen molar-refractivity contribution >= 4 is 40.7 Å². The van der Waals surface area contributed by atoms with Crippen LogP contribution >= 0.6 is 0 Å². The highest BCUT2D eigenvalue weighted by Crippen LogP contribution is 2.40. The molecule has 2 aromatic heterocycles. The highest BCUT2D eigenvalue weighted by Gasteiger charge is 2.47. The van der Waals surface area contributed by atoms with Crippen molar-refractivity contribution in [2.24, 2.45) is 11.8 Å². The number of amides is 5. The summed E-state index contributed by atoms with van der Waals surface area (Å²) in [5.41, 5.74) is -1.66. The number of alkyl halides is 3. The van der Waals surface area contributed by atoms with Crippen molar-refractivity contribution in [2.75, 3.05) is 11.9 Å². The lowest BCUT2D eigenvalue weighted by Gasteiger charge is -2.39. The SMILES string of the molecule is CCNC(=O)Nc1nnc([C@@H](NC(=O)[C@]2(NC(=O)[C@H](NC(=O)Cc3ccccc3F)C(C)CC)CCc3[nH]c4c(C(F)(F)F)cccc4c3C2)C(C)CC)o1. The minimum Gasteiger partial charge on any atom is -0.405 e. The number of carbonyl (C=O) groups is 4. The van der Waals surface area contributed by atoms with Crippen molar-refractivity contribution in [3.63, 3.8) is 0 Å². The van der Waals surface area contributed by atoms with Gasteiger partial charge in [-0.25, -0.2) is 9.18 Å². The minimum absolute atomic E-state index is 0.0210. The van der Waals surface area contributed by atoms with Gasteiger partial charge in [-0.3, -0.25) is 19.7 Å². The Morgan fingerprint density at radius 1 is 0.964 bits per heavy atom. The summed E-state index contributed by atoms with van der Waals surface area (Å²) in [6.45, 7) is 9.35. The van der Waals surface area contributed by atoms with Gasteiger partial charge in [0.15, 0.2) is 0 Å². The second-order valence-corrected chi connectivity index (χ2v) is 14.0. The van der Waals surface area contributed by atoms with Crippen LogP contribution in [0, 0.1) is 17.7 Å². The summed E-state index contributed by atoms with van der Waals surface area (Å²) in [5.74, 6) is -3.32. The van der Waals surface area contributed by atoms with Crippen molar-refractivity contribution in [1.82, 2.24) is 36.4 Å². The van der Waals surface area contributed by atoms with E-state index in [0.717, 1.165) is 6.07 Å². The molecule has 0 radical (unpaired) electrons. The number of aromatic amines is 1. The Labute approximate surface area is 315 Å². The van der Waals surface area contributed by atoms with Gasteiger partial charge in [-0.05, 0) is 54.9 Å². The number of aromatic nitrogens is 3. The fourth-order valence-electron chi connectivity index (χ4n) is 6.79. The Balaban J connectivity index is 1.52. The molecule has 0 aliphatic heterocycles. The first kappa shape index (κ1) is 40.7. The topological polar surface area (TPSA) is 183 Å². The number of halogens is 4. The number of aryl methyl sites for hydroxylation is 1. The molecule has 55 heavy (non-hydrogen) atoms. The van der Waals surface area contributed by atoms with Crippen molar-refractivity contribution in [2.45, 2.75) is 96.9 Å². The maximum absolute atomic E-state index is 14.8. The van der Waals surface area contributed by atoms with Crippen LogP contribution in [0.3, 0.4) is 0 Å². The van der Waals surface area contributed by atoms with Crippen molar-refractivity contribution in [3.05, 3.63) is 76.6 Å². The highest BCUT2D eigenvalue weighted by atomic mass is 19.4. The predicted molar refractivity (Wildman–Crippen MR) is 195 cm³/mol. The van der Waals surface area contributed by atoms with Gasteiger partial charge in [-0.15, -0.1) is 5.10 Å². The van der Waals surface area contributed by atoms with E-state index >= 15 is 0 Å². The molecular weight excluding hydrogens is 724 g/mol. The van der Waals surface area contributed by atoms with E-state index in [1.807, 2.05) is 20.8 Å². The molecule has 1 aliphatic carbocycles. The smallest absolute Gasteiger partial charge is 0.405 e. The van der Waals surface area contributed by atoms with Gasteiger partial charge < -0.3 is 30.7 Å². The lowest BCUT2D eigenvalue weighted by atomic mass is 9.78. The molecule has 0 bridgehead atoms. The summed E-state index contributed by atoms with van der Waals surface area (Å²) in [6.07, 6.45) is -4.14. The molecule has 5 atom stereocenters. The number of para-hydroxylation sites is 1. The molecule has 0 saturated carbocycles. The van der Waals surface area contributed by atoms with E-state index in [-0.39, 0.29) is 60.0 Å². The average molecular weight is 771 g/mol. The number of benzene rings is 2. The molecule has 4 aromatic rings. The van der Waals surface area contributed by atoms with Crippen LogP contribution in [0.4, 0.5) is 28.4 Å². The molecule has 0 fully saturated rings. The third kappa shape index (κ3) is 9.08. The molecule has 6 N–H and O–H groups in total. The van der Waals surface area contributed by atoms with Crippen LogP contribution in [-0.4, -0.2) is 57.1 Å². The minimum atomic E-state index is -4.65. The third-order valence-corrected chi connectivity index (χ3v) is 10.3. The van der Waals surface area contributed by atoms with Crippen LogP contribution in [0.15, 0.2) is 46.9 Å². The molecule has 0 saturated heterocycles. The van der Waals surface area contributed by atoms with E-state index in [9.17, 15) is 36.7 Å². The van der Waals surface area contributed by atoms with Crippen LogP contribution in [0.2, 0.25) is 0 Å². The average Bonchev–Trinajstić information content (AvgIpc) is 3.76. The number of hydrogen-bond acceptors (Lipinski definition) is 7. The van der Waals surface area contributed by atoms with Crippen LogP contribution < -0.4 is 26.6 Å². The molecule has 5 rings (SSSR count). The molecule has 0 spiro atoms. The Morgan fingerprint density at radius 2 is 1.69 bits per heavy atom. The standard InChI is InChI=1S/C38H46F4N8O5/c1-6-20(4)29(45-28(51)18-22-12-9-10-15-26(22)39)32(52)48-37(17-16-27-24(19-37)23-13-11-14-25(31(23)44-27)38(40,41)42)34(53)46-30(21(5)7-2)33-49-50-36(55-33)47-35(54)43-8-3/h9-15,20-21,29-30,44H,6-8,16-19H2,1-5H3,(H,45,51)(H,46,53)(H,48,52)(H2,43,47,50,54)/t20?,21?,29-,30+,37+/m1/s1. The number of hydrogen-bond donors (Lipinski definition) is 6. The Kier molecular flexibility index (Phi) is 12.5. The van der Waals surface area contributed by atoms with Gasteiger partial charge in [0.25, 0.3) is 0 Å². The first-order chi connectivity index (χ1) is 26.1. The zero-order chi connectivity index (χ0) is 40.1. The first-order valence-electron chi connectivity index (χ1n) is 18.3. The van der Waals surface area contributed by atoms with E-state index < -0.39 is 64.9 Å². The zero-order valence-electron chi connectivity index (χ0n) is 31.2. The molecule has 17 heteroatoms. The summed E-state index contributed by atoms with van der Waals surface area (Å²) < 4.78 is 62.4. The molecule has 5 amide bonds. The normalized spacial score (nSPS) is 17.7. The molecule has 1 aliphatic rings. The molecule has 13 nitrogen and oxygen atoms in total. The van der Waals surface area contributed by atoms with E-state index in [4.69, 9.17) is 4.42 Å². The highest BCUT2D eigenvalue weighted by molar-refractivity contribution is 5.97. The van der Waals surface area contributed by atoms with Crippen molar-refractivity contribution in [3.8, 4) is 0 Å². The summed E-state index contributed by atoms with van der Waals surface area (Å²) in [4.78, 5) is 57.4. The van der Waals surface area contributed by atoms with Crippen LogP contribution in [0.5, 0.6) is 0 Å². The Bertz CT molecular complexity index is 2030. The second kappa shape index (κ2) is 16.9.